The summed E-state index contributed by atoms with van der Waals surface area (Å²) in [5.41, 5.74) is 0. The van der Waals surface area contributed by atoms with Gasteiger partial charge in [0.1, 0.15) is 4.90 Å². The SMILES string of the molecule is C[C@@H]1CCC[C@H](C)N1C(=O)CSc1ccc(S(=O)(=O)N2CCOCC2)cn1. The van der Waals surface area contributed by atoms with Crippen molar-refractivity contribution in [3.8, 4) is 0 Å². The first kappa shape index (κ1) is 20.6. The summed E-state index contributed by atoms with van der Waals surface area (Å²) in [6.45, 7) is 5.74. The Morgan fingerprint density at radius 2 is 1.89 bits per heavy atom. The molecule has 0 aliphatic carbocycles. The van der Waals surface area contributed by atoms with Gasteiger partial charge in [0.2, 0.25) is 15.9 Å². The minimum absolute atomic E-state index is 0.117. The van der Waals surface area contributed by atoms with E-state index in [1.165, 1.54) is 28.7 Å². The van der Waals surface area contributed by atoms with Crippen LogP contribution in [-0.2, 0) is 19.6 Å². The molecule has 150 valence electrons. The molecular weight excluding hydrogens is 386 g/mol. The number of sulfonamides is 1. The zero-order chi connectivity index (χ0) is 19.4. The van der Waals surface area contributed by atoms with Crippen LogP contribution < -0.4 is 0 Å². The minimum Gasteiger partial charge on any atom is -0.379 e. The van der Waals surface area contributed by atoms with Crippen LogP contribution in [0.3, 0.4) is 0 Å². The number of thioether (sulfide) groups is 1. The van der Waals surface area contributed by atoms with Crippen LogP contribution in [0.25, 0.3) is 0 Å². The Morgan fingerprint density at radius 1 is 1.22 bits per heavy atom. The fraction of sp³-hybridized carbons (Fsp3) is 0.667. The van der Waals surface area contributed by atoms with Gasteiger partial charge >= 0.3 is 0 Å². The molecule has 9 heteroatoms. The van der Waals surface area contributed by atoms with Crippen molar-refractivity contribution >= 4 is 27.7 Å². The molecule has 0 saturated carbocycles. The molecule has 0 spiro atoms. The zero-order valence-corrected chi connectivity index (χ0v) is 17.5. The predicted molar refractivity (Wildman–Crippen MR) is 104 cm³/mol. The predicted octanol–water partition coefficient (Wildman–Crippen LogP) is 1.98. The highest BCUT2D eigenvalue weighted by atomic mass is 32.2. The van der Waals surface area contributed by atoms with E-state index in [4.69, 9.17) is 4.74 Å². The van der Waals surface area contributed by atoms with Gasteiger partial charge in [-0.05, 0) is 45.2 Å². The average molecular weight is 414 g/mol. The second-order valence-corrected chi connectivity index (χ2v) is 10.0. The van der Waals surface area contributed by atoms with E-state index < -0.39 is 10.0 Å². The summed E-state index contributed by atoms with van der Waals surface area (Å²) in [5, 5.41) is 0.654. The van der Waals surface area contributed by atoms with Crippen LogP contribution in [0.2, 0.25) is 0 Å². The molecule has 0 radical (unpaired) electrons. The molecule has 0 aromatic carbocycles. The molecule has 1 amide bonds. The number of carbonyl (C=O) groups is 1. The molecule has 0 bridgehead atoms. The van der Waals surface area contributed by atoms with Crippen molar-refractivity contribution in [2.24, 2.45) is 0 Å². The van der Waals surface area contributed by atoms with Gasteiger partial charge < -0.3 is 9.64 Å². The maximum Gasteiger partial charge on any atom is 0.244 e. The molecule has 2 aliphatic rings. The van der Waals surface area contributed by atoms with Crippen molar-refractivity contribution in [1.82, 2.24) is 14.2 Å². The molecule has 0 unspecified atom stereocenters. The smallest absolute Gasteiger partial charge is 0.244 e. The minimum atomic E-state index is -3.54. The number of pyridine rings is 1. The van der Waals surface area contributed by atoms with Crippen LogP contribution in [0.1, 0.15) is 33.1 Å². The topological polar surface area (TPSA) is 79.8 Å². The van der Waals surface area contributed by atoms with Gasteiger partial charge in [-0.1, -0.05) is 11.8 Å². The van der Waals surface area contributed by atoms with E-state index in [9.17, 15) is 13.2 Å². The van der Waals surface area contributed by atoms with E-state index in [2.05, 4.69) is 18.8 Å². The fourth-order valence-electron chi connectivity index (χ4n) is 3.66. The number of aromatic nitrogens is 1. The van der Waals surface area contributed by atoms with Crippen molar-refractivity contribution in [3.63, 3.8) is 0 Å². The molecule has 2 saturated heterocycles. The number of nitrogens with zero attached hydrogens (tertiary/aromatic N) is 3. The van der Waals surface area contributed by atoms with E-state index in [0.29, 0.717) is 37.1 Å². The molecule has 1 aromatic heterocycles. The number of piperidine rings is 1. The van der Waals surface area contributed by atoms with Crippen LogP contribution in [0, 0.1) is 0 Å². The number of morpholine rings is 1. The van der Waals surface area contributed by atoms with Gasteiger partial charge in [0.05, 0.1) is 24.0 Å². The summed E-state index contributed by atoms with van der Waals surface area (Å²) in [4.78, 5) is 19.0. The molecule has 7 nitrogen and oxygen atoms in total. The molecule has 0 N–H and O–H groups in total. The lowest BCUT2D eigenvalue weighted by molar-refractivity contribution is -0.134. The van der Waals surface area contributed by atoms with Crippen LogP contribution in [0.4, 0.5) is 0 Å². The first-order chi connectivity index (χ1) is 12.9. The number of hydrogen-bond acceptors (Lipinski definition) is 6. The molecular formula is C18H27N3O4S2. The highest BCUT2D eigenvalue weighted by Gasteiger charge is 2.29. The first-order valence-electron chi connectivity index (χ1n) is 9.37. The Hall–Kier alpha value is -1.16. The van der Waals surface area contributed by atoms with Crippen molar-refractivity contribution in [1.29, 1.82) is 0 Å². The maximum absolute atomic E-state index is 12.6. The summed E-state index contributed by atoms with van der Waals surface area (Å²) < 4.78 is 31.8. The zero-order valence-electron chi connectivity index (χ0n) is 15.8. The van der Waals surface area contributed by atoms with Gasteiger partial charge in [0.25, 0.3) is 0 Å². The third-order valence-corrected chi connectivity index (χ3v) is 7.95. The standard InChI is InChI=1S/C18H27N3O4S2/c1-14-4-3-5-15(2)21(14)18(22)13-26-17-7-6-16(12-19-17)27(23,24)20-8-10-25-11-9-20/h6-7,12,14-15H,3-5,8-11,13H2,1-2H3/t14-,15+. The molecule has 3 heterocycles. The summed E-state index contributed by atoms with van der Waals surface area (Å²) in [7, 11) is -3.54. The fourth-order valence-corrected chi connectivity index (χ4v) is 5.73. The molecule has 3 rings (SSSR count). The third-order valence-electron chi connectivity index (χ3n) is 5.14. The lowest BCUT2D eigenvalue weighted by Crippen LogP contribution is -2.48. The highest BCUT2D eigenvalue weighted by molar-refractivity contribution is 7.99. The maximum atomic E-state index is 12.6. The van der Waals surface area contributed by atoms with Gasteiger partial charge in [-0.15, -0.1) is 0 Å². The number of carbonyl (C=O) groups excluding carboxylic acids is 1. The Labute approximate surface area is 165 Å². The average Bonchev–Trinajstić information content (AvgIpc) is 2.67. The van der Waals surface area contributed by atoms with Crippen LogP contribution in [-0.4, -0.2) is 72.7 Å². The van der Waals surface area contributed by atoms with Gasteiger partial charge in [0.15, 0.2) is 0 Å². The molecule has 27 heavy (non-hydrogen) atoms. The molecule has 1 aromatic rings. The summed E-state index contributed by atoms with van der Waals surface area (Å²) >= 11 is 1.35. The second-order valence-electron chi connectivity index (χ2n) is 7.07. The van der Waals surface area contributed by atoms with Gasteiger partial charge in [-0.3, -0.25) is 4.79 Å². The Morgan fingerprint density at radius 3 is 2.48 bits per heavy atom. The van der Waals surface area contributed by atoms with E-state index in [-0.39, 0.29) is 22.9 Å². The Balaban J connectivity index is 1.60. The highest BCUT2D eigenvalue weighted by Crippen LogP contribution is 2.25. The lowest BCUT2D eigenvalue weighted by Gasteiger charge is -2.39. The van der Waals surface area contributed by atoms with Gasteiger partial charge in [0, 0.05) is 31.4 Å². The van der Waals surface area contributed by atoms with Crippen LogP contribution >= 0.6 is 11.8 Å². The summed E-state index contributed by atoms with van der Waals surface area (Å²) in [5.74, 6) is 0.434. The lowest BCUT2D eigenvalue weighted by atomic mass is 9.98. The molecule has 2 fully saturated rings. The van der Waals surface area contributed by atoms with Gasteiger partial charge in [-0.25, -0.2) is 13.4 Å². The van der Waals surface area contributed by atoms with E-state index in [1.807, 2.05) is 4.90 Å². The molecule has 2 atom stereocenters. The van der Waals surface area contributed by atoms with Crippen LogP contribution in [0.5, 0.6) is 0 Å². The van der Waals surface area contributed by atoms with Crippen molar-refractivity contribution < 1.29 is 17.9 Å². The Bertz CT molecular complexity index is 738. The van der Waals surface area contributed by atoms with Crippen LogP contribution in [0.15, 0.2) is 28.3 Å². The Kier molecular flexibility index (Phi) is 6.78. The summed E-state index contributed by atoms with van der Waals surface area (Å²) in [6.07, 6.45) is 4.64. The van der Waals surface area contributed by atoms with Gasteiger partial charge in [-0.2, -0.15) is 4.31 Å². The third kappa shape index (κ3) is 4.82. The normalized spacial score (nSPS) is 24.7. The number of amides is 1. The quantitative estimate of drug-likeness (QED) is 0.687. The number of likely N-dealkylation sites (tertiary alicyclic amines) is 1. The molecule has 2 aliphatic heterocycles. The number of hydrogen-bond donors (Lipinski definition) is 0. The van der Waals surface area contributed by atoms with E-state index >= 15 is 0 Å². The second kappa shape index (κ2) is 8.89. The number of ether oxygens (including phenoxy) is 1. The van der Waals surface area contributed by atoms with E-state index in [0.717, 1.165) is 12.8 Å². The van der Waals surface area contributed by atoms with E-state index in [1.54, 1.807) is 12.1 Å². The largest absolute Gasteiger partial charge is 0.379 e. The number of rotatable bonds is 5. The van der Waals surface area contributed by atoms with Crippen molar-refractivity contribution in [3.05, 3.63) is 18.3 Å². The van der Waals surface area contributed by atoms with Crippen molar-refractivity contribution in [2.75, 3.05) is 32.1 Å². The monoisotopic (exact) mass is 413 g/mol. The summed E-state index contributed by atoms with van der Waals surface area (Å²) in [6, 6.07) is 3.79. The first-order valence-corrected chi connectivity index (χ1v) is 11.8. The van der Waals surface area contributed by atoms with Crippen molar-refractivity contribution in [2.45, 2.75) is 55.1 Å².